The van der Waals surface area contributed by atoms with Crippen LogP contribution in [0.5, 0.6) is 5.75 Å². The number of carbonyl (C=O) groups is 1. The first kappa shape index (κ1) is 18.0. The van der Waals surface area contributed by atoms with Gasteiger partial charge in [-0.15, -0.1) is 12.4 Å². The zero-order valence-corrected chi connectivity index (χ0v) is 13.1. The lowest BCUT2D eigenvalue weighted by Gasteiger charge is -2.24. The number of benzene rings is 1. The summed E-state index contributed by atoms with van der Waals surface area (Å²) in [7, 11) is 3.26. The van der Waals surface area contributed by atoms with E-state index in [0.29, 0.717) is 10.8 Å². The monoisotopic (exact) mass is 306 g/mol. The summed E-state index contributed by atoms with van der Waals surface area (Å²) in [5, 5.41) is 0.475. The van der Waals surface area contributed by atoms with Crippen LogP contribution in [0.15, 0.2) is 18.2 Å². The molecule has 0 aromatic heterocycles. The van der Waals surface area contributed by atoms with E-state index in [1.165, 1.54) is 0 Å². The minimum Gasteiger partial charge on any atom is -0.495 e. The van der Waals surface area contributed by atoms with Crippen LogP contribution in [0.4, 0.5) is 5.69 Å². The summed E-state index contributed by atoms with van der Waals surface area (Å²) >= 11 is 6.03. The van der Waals surface area contributed by atoms with Crippen LogP contribution in [0.1, 0.15) is 13.8 Å². The largest absolute Gasteiger partial charge is 0.495 e. The number of halogens is 2. The number of rotatable bonds is 4. The number of methoxy groups -OCH3 is 1. The van der Waals surface area contributed by atoms with Gasteiger partial charge in [-0.3, -0.25) is 4.79 Å². The molecule has 1 aromatic carbocycles. The number of nitrogens with zero attached hydrogens (tertiary/aromatic N) is 1. The molecule has 2 unspecified atom stereocenters. The van der Waals surface area contributed by atoms with Crippen molar-refractivity contribution in [3.05, 3.63) is 23.2 Å². The Balaban J connectivity index is 0.00000324. The molecular formula is C13H20Cl2N2O2. The first-order valence-corrected chi connectivity index (χ1v) is 6.13. The average molecular weight is 307 g/mol. The molecule has 19 heavy (non-hydrogen) atoms. The predicted octanol–water partition coefficient (Wildman–Crippen LogP) is 2.72. The van der Waals surface area contributed by atoms with Gasteiger partial charge in [0.25, 0.3) is 0 Å². The first-order valence-electron chi connectivity index (χ1n) is 5.75. The molecule has 4 nitrogen and oxygen atoms in total. The molecule has 1 amide bonds. The molecule has 0 saturated heterocycles. The Morgan fingerprint density at radius 1 is 1.42 bits per heavy atom. The third-order valence-corrected chi connectivity index (χ3v) is 3.33. The quantitative estimate of drug-likeness (QED) is 0.930. The van der Waals surface area contributed by atoms with Crippen molar-refractivity contribution in [1.82, 2.24) is 0 Å². The van der Waals surface area contributed by atoms with Gasteiger partial charge >= 0.3 is 0 Å². The van der Waals surface area contributed by atoms with Crippen molar-refractivity contribution in [2.45, 2.75) is 19.9 Å². The number of anilines is 1. The molecule has 6 heteroatoms. The molecule has 2 atom stereocenters. The zero-order chi connectivity index (χ0) is 13.9. The van der Waals surface area contributed by atoms with E-state index >= 15 is 0 Å². The van der Waals surface area contributed by atoms with Crippen LogP contribution in [-0.4, -0.2) is 26.1 Å². The molecular weight excluding hydrogens is 287 g/mol. The van der Waals surface area contributed by atoms with Gasteiger partial charge in [-0.1, -0.05) is 18.5 Å². The SMILES string of the molecule is COc1ccc(N(C)C(=O)C(C)C(C)N)cc1Cl.Cl. The van der Waals surface area contributed by atoms with E-state index in [4.69, 9.17) is 22.1 Å². The van der Waals surface area contributed by atoms with Gasteiger partial charge < -0.3 is 15.4 Å². The van der Waals surface area contributed by atoms with Gasteiger partial charge in [-0.05, 0) is 25.1 Å². The van der Waals surface area contributed by atoms with E-state index in [1.807, 2.05) is 13.8 Å². The summed E-state index contributed by atoms with van der Waals surface area (Å²) in [6.07, 6.45) is 0. The van der Waals surface area contributed by atoms with Crippen molar-refractivity contribution in [3.63, 3.8) is 0 Å². The Labute approximate surface area is 125 Å². The van der Waals surface area contributed by atoms with E-state index in [9.17, 15) is 4.79 Å². The molecule has 0 aliphatic heterocycles. The van der Waals surface area contributed by atoms with Gasteiger partial charge in [0.05, 0.1) is 18.1 Å². The number of amides is 1. The molecule has 0 heterocycles. The number of nitrogens with two attached hydrogens (primary N) is 1. The highest BCUT2D eigenvalue weighted by Gasteiger charge is 2.22. The molecule has 1 aromatic rings. The fourth-order valence-electron chi connectivity index (χ4n) is 1.52. The highest BCUT2D eigenvalue weighted by molar-refractivity contribution is 6.32. The summed E-state index contributed by atoms with van der Waals surface area (Å²) in [6, 6.07) is 5.04. The molecule has 1 rings (SSSR count). The van der Waals surface area contributed by atoms with Crippen molar-refractivity contribution in [1.29, 1.82) is 0 Å². The van der Waals surface area contributed by atoms with Gasteiger partial charge in [-0.2, -0.15) is 0 Å². The van der Waals surface area contributed by atoms with Gasteiger partial charge in [0.15, 0.2) is 0 Å². The van der Waals surface area contributed by atoms with Gasteiger partial charge in [0.1, 0.15) is 5.75 Å². The summed E-state index contributed by atoms with van der Waals surface area (Å²) in [6.45, 7) is 3.63. The van der Waals surface area contributed by atoms with Crippen LogP contribution in [0.25, 0.3) is 0 Å². The second-order valence-corrected chi connectivity index (χ2v) is 4.77. The summed E-state index contributed by atoms with van der Waals surface area (Å²) in [5.74, 6) is 0.309. The van der Waals surface area contributed by atoms with Crippen molar-refractivity contribution in [2.75, 3.05) is 19.1 Å². The molecule has 108 valence electrons. The predicted molar refractivity (Wildman–Crippen MR) is 81.5 cm³/mol. The van der Waals surface area contributed by atoms with Crippen LogP contribution in [0.3, 0.4) is 0 Å². The van der Waals surface area contributed by atoms with Gasteiger partial charge in [-0.25, -0.2) is 0 Å². The van der Waals surface area contributed by atoms with Crippen molar-refractivity contribution < 1.29 is 9.53 Å². The summed E-state index contributed by atoms with van der Waals surface area (Å²) < 4.78 is 5.07. The molecule has 0 fully saturated rings. The van der Waals surface area contributed by atoms with Crippen molar-refractivity contribution in [2.24, 2.45) is 11.7 Å². The Hall–Kier alpha value is -0.970. The highest BCUT2D eigenvalue weighted by Crippen LogP contribution is 2.29. The van der Waals surface area contributed by atoms with Crippen molar-refractivity contribution in [3.8, 4) is 5.75 Å². The standard InChI is InChI=1S/C13H19ClN2O2.ClH/c1-8(9(2)15)13(17)16(3)10-5-6-12(18-4)11(14)7-10;/h5-9H,15H2,1-4H3;1H. The fourth-order valence-corrected chi connectivity index (χ4v) is 1.77. The number of hydrogen-bond acceptors (Lipinski definition) is 3. The zero-order valence-electron chi connectivity index (χ0n) is 11.5. The minimum atomic E-state index is -0.240. The molecule has 2 N–H and O–H groups in total. The number of carbonyl (C=O) groups excluding carboxylic acids is 1. The summed E-state index contributed by atoms with van der Waals surface area (Å²) in [4.78, 5) is 13.7. The Kier molecular flexibility index (Phi) is 7.19. The van der Waals surface area contributed by atoms with Crippen LogP contribution in [0.2, 0.25) is 5.02 Å². The minimum absolute atomic E-state index is 0. The maximum absolute atomic E-state index is 12.1. The Bertz CT molecular complexity index is 439. The van der Waals surface area contributed by atoms with Crippen LogP contribution in [-0.2, 0) is 4.79 Å². The first-order chi connectivity index (χ1) is 8.38. The molecule has 0 aliphatic rings. The van der Waals surface area contributed by atoms with E-state index in [0.717, 1.165) is 5.69 Å². The molecule has 0 bridgehead atoms. The Morgan fingerprint density at radius 3 is 2.42 bits per heavy atom. The lowest BCUT2D eigenvalue weighted by Crippen LogP contribution is -2.39. The second-order valence-electron chi connectivity index (χ2n) is 4.36. The van der Waals surface area contributed by atoms with E-state index < -0.39 is 0 Å². The molecule has 0 radical (unpaired) electrons. The van der Waals surface area contributed by atoms with E-state index in [2.05, 4.69) is 0 Å². The molecule has 0 aliphatic carbocycles. The molecule has 0 saturated carbocycles. The van der Waals surface area contributed by atoms with Crippen LogP contribution in [0, 0.1) is 5.92 Å². The smallest absolute Gasteiger partial charge is 0.231 e. The third-order valence-electron chi connectivity index (χ3n) is 3.03. The van der Waals surface area contributed by atoms with Crippen molar-refractivity contribution >= 4 is 35.6 Å². The third kappa shape index (κ3) is 4.27. The van der Waals surface area contributed by atoms with E-state index in [1.54, 1.807) is 37.3 Å². The van der Waals surface area contributed by atoms with E-state index in [-0.39, 0.29) is 30.3 Å². The number of ether oxygens (including phenoxy) is 1. The lowest BCUT2D eigenvalue weighted by atomic mass is 10.0. The number of hydrogen-bond donors (Lipinski definition) is 1. The second kappa shape index (κ2) is 7.58. The maximum atomic E-state index is 12.1. The maximum Gasteiger partial charge on any atom is 0.231 e. The van der Waals surface area contributed by atoms with Gasteiger partial charge in [0, 0.05) is 18.8 Å². The average Bonchev–Trinajstić information content (AvgIpc) is 2.35. The summed E-state index contributed by atoms with van der Waals surface area (Å²) in [5.41, 5.74) is 6.46. The van der Waals surface area contributed by atoms with Gasteiger partial charge in [0.2, 0.25) is 5.91 Å². The Morgan fingerprint density at radius 2 is 2.00 bits per heavy atom. The normalized spacial score (nSPS) is 13.2. The fraction of sp³-hybridized carbons (Fsp3) is 0.462. The highest BCUT2D eigenvalue weighted by atomic mass is 35.5. The topological polar surface area (TPSA) is 55.6 Å². The van der Waals surface area contributed by atoms with Crippen LogP contribution >= 0.6 is 24.0 Å². The lowest BCUT2D eigenvalue weighted by molar-refractivity contribution is -0.122. The molecule has 0 spiro atoms. The van der Waals surface area contributed by atoms with Crippen LogP contribution < -0.4 is 15.4 Å².